The molecule has 4 aromatic rings. The molecule has 8 atom stereocenters. The van der Waals surface area contributed by atoms with Crippen LogP contribution in [-0.4, -0.2) is 97.6 Å². The third kappa shape index (κ3) is 12.5. The Kier molecular flexibility index (Phi) is 20.0. The van der Waals surface area contributed by atoms with Crippen molar-refractivity contribution in [2.75, 3.05) is 41.5 Å². The molecule has 2 amide bonds. The molecule has 0 unspecified atom stereocenters. The minimum Gasteiger partial charge on any atom is -0.494 e. The number of methoxy groups -OCH3 is 4. The van der Waals surface area contributed by atoms with Gasteiger partial charge in [0.2, 0.25) is 11.8 Å². The fourth-order valence-corrected chi connectivity index (χ4v) is 15.6. The van der Waals surface area contributed by atoms with Gasteiger partial charge in [0, 0.05) is 25.9 Å². The Balaban J connectivity index is 0.00000968. The second-order valence-electron chi connectivity index (χ2n) is 22.2. The SMILES string of the molecule is COc1c(Cl)cc(C(=CCNC(=O)C[C@H]2CC[C@@]3(C)[C@@H](CC[C@@H]4[C@@H]3CC[C@]3(C)[C@@H](CC(=O)NCC=C(c5cc(Cl)c(OC)c(C(=O)O)c5)c5cc(Cl)c(OC)c(C(=O)O)c5)CC[C@@H]43)C2)c2cc(Cl)c(OC)c(C(=O)O)c2)cc1C(=O)O.N. The highest BCUT2D eigenvalue weighted by molar-refractivity contribution is 6.34. The van der Waals surface area contributed by atoms with Crippen molar-refractivity contribution in [1.29, 1.82) is 0 Å². The number of amides is 2. The van der Waals surface area contributed by atoms with Gasteiger partial charge in [-0.15, -0.1) is 0 Å². The number of carbonyl (C=O) groups excluding carboxylic acids is 2. The van der Waals surface area contributed by atoms with Crippen LogP contribution in [0.3, 0.4) is 0 Å². The summed E-state index contributed by atoms with van der Waals surface area (Å²) in [5, 5.41) is 46.3. The monoisotopic (exact) mass is 1210 g/mol. The molecule has 0 heterocycles. The normalized spacial score (nSPS) is 23.2. The molecule has 440 valence electrons. The number of nitrogens with one attached hydrogen (secondary N) is 2. The van der Waals surface area contributed by atoms with E-state index in [9.17, 15) is 49.2 Å². The number of carboxylic acid groups (broad SMARTS) is 4. The van der Waals surface area contributed by atoms with Gasteiger partial charge in [-0.3, -0.25) is 9.59 Å². The van der Waals surface area contributed by atoms with E-state index in [1.807, 2.05) is 0 Å². The summed E-state index contributed by atoms with van der Waals surface area (Å²) in [4.78, 5) is 76.9. The molecule has 4 aliphatic rings. The van der Waals surface area contributed by atoms with E-state index in [0.29, 0.717) is 69.9 Å². The predicted molar refractivity (Wildman–Crippen MR) is 313 cm³/mol. The molecule has 0 bridgehead atoms. The van der Waals surface area contributed by atoms with Gasteiger partial charge >= 0.3 is 23.9 Å². The first-order valence-electron chi connectivity index (χ1n) is 26.9. The number of fused-ring (bicyclic) bond motifs is 5. The van der Waals surface area contributed by atoms with Crippen molar-refractivity contribution < 1.29 is 68.1 Å². The maximum atomic E-state index is 13.9. The number of aromatic carboxylic acids is 4. The van der Waals surface area contributed by atoms with Crippen LogP contribution >= 0.6 is 46.4 Å². The van der Waals surface area contributed by atoms with Gasteiger partial charge in [0.15, 0.2) is 23.0 Å². The quantitative estimate of drug-likeness (QED) is 0.0433. The van der Waals surface area contributed by atoms with Crippen LogP contribution in [-0.2, 0) is 9.59 Å². The Morgan fingerprint density at radius 2 is 0.878 bits per heavy atom. The second-order valence-corrected chi connectivity index (χ2v) is 23.9. The smallest absolute Gasteiger partial charge is 0.339 e. The van der Waals surface area contributed by atoms with E-state index < -0.39 is 23.9 Å². The molecule has 4 aromatic carbocycles. The lowest BCUT2D eigenvalue weighted by Crippen LogP contribution is -2.53. The van der Waals surface area contributed by atoms with Crippen LogP contribution in [0.25, 0.3) is 11.1 Å². The van der Waals surface area contributed by atoms with E-state index in [0.717, 1.165) is 57.8 Å². The van der Waals surface area contributed by atoms with E-state index in [1.54, 1.807) is 12.2 Å². The molecule has 0 aromatic heterocycles. The molecule has 0 radical (unpaired) electrons. The minimum atomic E-state index is -1.29. The highest BCUT2D eigenvalue weighted by atomic mass is 35.5. The first-order chi connectivity index (χ1) is 38.5. The van der Waals surface area contributed by atoms with Crippen molar-refractivity contribution in [3.63, 3.8) is 0 Å². The molecule has 0 spiro atoms. The van der Waals surface area contributed by atoms with Crippen molar-refractivity contribution in [2.24, 2.45) is 46.3 Å². The van der Waals surface area contributed by atoms with Crippen LogP contribution in [0.4, 0.5) is 0 Å². The van der Waals surface area contributed by atoms with Gasteiger partial charge in [-0.1, -0.05) is 72.4 Å². The Bertz CT molecular complexity index is 3110. The van der Waals surface area contributed by atoms with E-state index in [1.165, 1.54) is 77.0 Å². The fourth-order valence-electron chi connectivity index (χ4n) is 14.4. The van der Waals surface area contributed by atoms with Gasteiger partial charge in [-0.25, -0.2) is 19.2 Å². The number of ether oxygens (including phenoxy) is 4. The lowest BCUT2D eigenvalue weighted by Gasteiger charge is -2.61. The van der Waals surface area contributed by atoms with Crippen molar-refractivity contribution >= 4 is 93.2 Å². The largest absolute Gasteiger partial charge is 0.494 e. The summed E-state index contributed by atoms with van der Waals surface area (Å²) < 4.78 is 21.1. The zero-order valence-corrected chi connectivity index (χ0v) is 49.5. The van der Waals surface area contributed by atoms with Crippen LogP contribution in [0.5, 0.6) is 23.0 Å². The molecule has 4 fully saturated rings. The van der Waals surface area contributed by atoms with Crippen LogP contribution in [0.15, 0.2) is 60.7 Å². The Hall–Kier alpha value is -6.50. The van der Waals surface area contributed by atoms with Crippen LogP contribution in [0.2, 0.25) is 20.1 Å². The molecule has 8 rings (SSSR count). The molecule has 0 saturated heterocycles. The topological polar surface area (TPSA) is 279 Å². The summed E-state index contributed by atoms with van der Waals surface area (Å²) in [7, 11) is 5.23. The zero-order chi connectivity index (χ0) is 58.8. The maximum absolute atomic E-state index is 13.9. The number of carbonyl (C=O) groups is 6. The molecule has 4 aliphatic carbocycles. The van der Waals surface area contributed by atoms with Crippen LogP contribution < -0.4 is 35.7 Å². The standard InChI is InChI=1S/C61H66Cl4N2O14.H3N/c1-60-15-11-30(20-50(68)66-17-13-37(31-21-40(56(70)71)52(78-3)46(62)25-31)32-22-41(57(72)73)53(79-4)47(63)26-32)19-35(60)7-9-39-44-10-8-36(61(44,2)16-12-45(39)60)29-51(69)67-18-14-38(33-23-42(58(74)75)54(80-5)48(64)27-33)34-24-43(59(76)77)55(81-6)49(65)28-34;/h13-14,21-28,30,35-36,39,44-45H,7-12,15-20,29H2,1-6H3,(H,66,68)(H,67,69)(H,70,71)(H,72,73)(H,74,75)(H,76,77);1H3/t30-,35-,36+,39-,44-,45-,60-,61+;/m0./s1. The molecule has 0 aliphatic heterocycles. The maximum Gasteiger partial charge on any atom is 0.339 e. The van der Waals surface area contributed by atoms with E-state index in [4.69, 9.17) is 65.4 Å². The molecule has 9 N–H and O–H groups in total. The molecule has 4 saturated carbocycles. The Morgan fingerprint density at radius 3 is 1.26 bits per heavy atom. The highest BCUT2D eigenvalue weighted by Gasteiger charge is 2.60. The third-order valence-electron chi connectivity index (χ3n) is 18.2. The first kappa shape index (κ1) is 63.1. The zero-order valence-electron chi connectivity index (χ0n) is 46.5. The average Bonchev–Trinajstić information content (AvgIpc) is 3.97. The number of halogens is 4. The fraction of sp³-hybridized carbons (Fsp3) is 0.443. The number of benzene rings is 4. The van der Waals surface area contributed by atoms with Gasteiger partial charge in [0.1, 0.15) is 22.3 Å². The van der Waals surface area contributed by atoms with Crippen molar-refractivity contribution in [1.82, 2.24) is 16.8 Å². The van der Waals surface area contributed by atoms with Gasteiger partial charge in [-0.2, -0.15) is 0 Å². The molecular weight excluding hydrogens is 1140 g/mol. The average molecular weight is 1210 g/mol. The van der Waals surface area contributed by atoms with Gasteiger partial charge in [0.05, 0.1) is 48.5 Å². The number of rotatable bonds is 20. The first-order valence-corrected chi connectivity index (χ1v) is 28.4. The lowest BCUT2D eigenvalue weighted by atomic mass is 9.44. The summed E-state index contributed by atoms with van der Waals surface area (Å²) in [5.74, 6) is -3.21. The van der Waals surface area contributed by atoms with E-state index in [2.05, 4.69) is 24.5 Å². The summed E-state index contributed by atoms with van der Waals surface area (Å²) in [6, 6.07) is 11.6. The molecule has 82 heavy (non-hydrogen) atoms. The Labute approximate surface area is 496 Å². The summed E-state index contributed by atoms with van der Waals surface area (Å²) in [5.41, 5.74) is 1.36. The third-order valence-corrected chi connectivity index (χ3v) is 19.4. The molecule has 17 nitrogen and oxygen atoms in total. The van der Waals surface area contributed by atoms with Crippen molar-refractivity contribution in [3.8, 4) is 23.0 Å². The van der Waals surface area contributed by atoms with Gasteiger partial charge in [0.25, 0.3) is 0 Å². The lowest BCUT2D eigenvalue weighted by molar-refractivity contribution is -0.131. The number of hydrogen-bond acceptors (Lipinski definition) is 11. The number of hydrogen-bond donors (Lipinski definition) is 7. The molecule has 21 heteroatoms. The van der Waals surface area contributed by atoms with Crippen LogP contribution in [0.1, 0.15) is 148 Å². The second kappa shape index (κ2) is 26.0. The predicted octanol–water partition coefficient (Wildman–Crippen LogP) is 13.1. The van der Waals surface area contributed by atoms with E-state index >= 15 is 0 Å². The highest BCUT2D eigenvalue weighted by Crippen LogP contribution is 2.68. The van der Waals surface area contributed by atoms with Gasteiger partial charge in [-0.05, 0) is 186 Å². The summed E-state index contributed by atoms with van der Waals surface area (Å²) in [6.07, 6.45) is 13.1. The summed E-state index contributed by atoms with van der Waals surface area (Å²) in [6.45, 7) is 4.92. The van der Waals surface area contributed by atoms with Gasteiger partial charge < -0.3 is 56.2 Å². The Morgan fingerprint density at radius 1 is 0.512 bits per heavy atom. The van der Waals surface area contributed by atoms with E-state index in [-0.39, 0.29) is 119 Å². The number of carboxylic acids is 4. The summed E-state index contributed by atoms with van der Waals surface area (Å²) >= 11 is 26.1. The molecular formula is C61H69Cl4N3O14. The minimum absolute atomic E-state index is 0. The van der Waals surface area contributed by atoms with Crippen molar-refractivity contribution in [3.05, 3.63) is 125 Å². The van der Waals surface area contributed by atoms with Crippen molar-refractivity contribution in [2.45, 2.75) is 84.5 Å². The van der Waals surface area contributed by atoms with Crippen LogP contribution in [0, 0.1) is 46.3 Å².